The first-order valence-corrected chi connectivity index (χ1v) is 8.92. The molecule has 0 saturated carbocycles. The van der Waals surface area contributed by atoms with Gasteiger partial charge in [-0.25, -0.2) is 0 Å². The number of nitrogens with zero attached hydrogens (tertiary/aromatic N) is 2. The Morgan fingerprint density at radius 1 is 0.963 bits per heavy atom. The van der Waals surface area contributed by atoms with Gasteiger partial charge in [0, 0.05) is 19.5 Å². The summed E-state index contributed by atoms with van der Waals surface area (Å²) >= 11 is 0. The molecule has 1 unspecified atom stereocenters. The number of hydrogen-bond donors (Lipinski definition) is 1. The summed E-state index contributed by atoms with van der Waals surface area (Å²) in [4.78, 5) is 40.1. The Hall–Kier alpha value is -2.99. The van der Waals surface area contributed by atoms with Crippen LogP contribution in [0.15, 0.2) is 54.6 Å². The molecule has 3 rings (SSSR count). The molecule has 1 aliphatic rings. The van der Waals surface area contributed by atoms with Gasteiger partial charge in [0.05, 0.1) is 17.2 Å². The van der Waals surface area contributed by atoms with E-state index in [1.54, 1.807) is 24.3 Å². The molecule has 6 nitrogen and oxygen atoms in total. The van der Waals surface area contributed by atoms with E-state index >= 15 is 0 Å². The van der Waals surface area contributed by atoms with Crippen LogP contribution in [-0.4, -0.2) is 54.7 Å². The Balaban J connectivity index is 1.54. The molecule has 6 heteroatoms. The van der Waals surface area contributed by atoms with Crippen molar-refractivity contribution in [3.8, 4) is 0 Å². The Kier molecular flexibility index (Phi) is 5.66. The molecule has 1 aliphatic heterocycles. The molecule has 1 N–H and O–H groups in total. The van der Waals surface area contributed by atoms with E-state index in [2.05, 4.69) is 5.32 Å². The lowest BCUT2D eigenvalue weighted by Crippen LogP contribution is -2.37. The highest BCUT2D eigenvalue weighted by atomic mass is 16.2. The van der Waals surface area contributed by atoms with E-state index < -0.39 is 0 Å². The van der Waals surface area contributed by atoms with Gasteiger partial charge in [0.1, 0.15) is 0 Å². The van der Waals surface area contributed by atoms with E-state index in [0.717, 1.165) is 10.5 Å². The van der Waals surface area contributed by atoms with Crippen molar-refractivity contribution < 1.29 is 14.4 Å². The van der Waals surface area contributed by atoms with Crippen molar-refractivity contribution in [3.05, 3.63) is 71.3 Å². The molecule has 3 amide bonds. The number of rotatable bonds is 7. The maximum absolute atomic E-state index is 12.3. The maximum Gasteiger partial charge on any atom is 0.261 e. The Bertz CT molecular complexity index is 814. The average molecular weight is 365 g/mol. The first-order valence-electron chi connectivity index (χ1n) is 8.92. The minimum absolute atomic E-state index is 0.0504. The van der Waals surface area contributed by atoms with Crippen LogP contribution in [0.25, 0.3) is 0 Å². The van der Waals surface area contributed by atoms with Crippen molar-refractivity contribution in [2.24, 2.45) is 0 Å². The maximum atomic E-state index is 12.3. The number of fused-ring (bicyclic) bond motifs is 1. The van der Waals surface area contributed by atoms with Crippen LogP contribution in [0.2, 0.25) is 0 Å². The molecule has 1 atom stereocenters. The zero-order valence-corrected chi connectivity index (χ0v) is 15.5. The summed E-state index contributed by atoms with van der Waals surface area (Å²) < 4.78 is 0. The van der Waals surface area contributed by atoms with Crippen LogP contribution in [0, 0.1) is 0 Å². The first-order chi connectivity index (χ1) is 13.0. The highest BCUT2D eigenvalue weighted by Crippen LogP contribution is 2.22. The van der Waals surface area contributed by atoms with Crippen molar-refractivity contribution >= 4 is 17.7 Å². The van der Waals surface area contributed by atoms with Crippen molar-refractivity contribution in [2.75, 3.05) is 27.2 Å². The SMILES string of the molecule is CN(C)C(CNC(=O)CCN1C(=O)c2ccccc2C1=O)c1ccccc1. The number of carbonyl (C=O) groups excluding carboxylic acids is 3. The Morgan fingerprint density at radius 2 is 1.52 bits per heavy atom. The molecule has 2 aromatic rings. The number of carbonyl (C=O) groups is 3. The van der Waals surface area contributed by atoms with Gasteiger partial charge in [-0.05, 0) is 31.8 Å². The van der Waals surface area contributed by atoms with Crippen LogP contribution in [0.4, 0.5) is 0 Å². The lowest BCUT2D eigenvalue weighted by molar-refractivity contribution is -0.121. The molecule has 0 aromatic heterocycles. The smallest absolute Gasteiger partial charge is 0.261 e. The summed E-state index contributed by atoms with van der Waals surface area (Å²) in [5.74, 6) is -0.855. The van der Waals surface area contributed by atoms with Gasteiger partial charge >= 0.3 is 0 Å². The van der Waals surface area contributed by atoms with Gasteiger partial charge in [-0.2, -0.15) is 0 Å². The lowest BCUT2D eigenvalue weighted by atomic mass is 10.1. The second-order valence-electron chi connectivity index (χ2n) is 6.75. The third kappa shape index (κ3) is 4.06. The van der Waals surface area contributed by atoms with E-state index in [4.69, 9.17) is 0 Å². The van der Waals surface area contributed by atoms with E-state index in [9.17, 15) is 14.4 Å². The largest absolute Gasteiger partial charge is 0.354 e. The van der Waals surface area contributed by atoms with Crippen LogP contribution < -0.4 is 5.32 Å². The van der Waals surface area contributed by atoms with E-state index in [1.165, 1.54) is 0 Å². The molecular weight excluding hydrogens is 342 g/mol. The summed E-state index contributed by atoms with van der Waals surface area (Å²) in [6.45, 7) is 0.536. The van der Waals surface area contributed by atoms with Crippen molar-refractivity contribution in [2.45, 2.75) is 12.5 Å². The fourth-order valence-corrected chi connectivity index (χ4v) is 3.23. The van der Waals surface area contributed by atoms with Gasteiger partial charge in [-0.15, -0.1) is 0 Å². The van der Waals surface area contributed by atoms with Crippen molar-refractivity contribution in [3.63, 3.8) is 0 Å². The number of amides is 3. The second-order valence-corrected chi connectivity index (χ2v) is 6.75. The molecule has 0 spiro atoms. The first kappa shape index (κ1) is 18.8. The molecule has 0 radical (unpaired) electrons. The number of nitrogens with one attached hydrogen (secondary N) is 1. The topological polar surface area (TPSA) is 69.7 Å². The Labute approximate surface area is 158 Å². The van der Waals surface area contributed by atoms with Gasteiger partial charge in [0.25, 0.3) is 11.8 Å². The highest BCUT2D eigenvalue weighted by Gasteiger charge is 2.34. The Morgan fingerprint density at radius 3 is 2.07 bits per heavy atom. The van der Waals surface area contributed by atoms with Crippen LogP contribution in [0.3, 0.4) is 0 Å². The molecule has 0 saturated heterocycles. The summed E-state index contributed by atoms with van der Waals surface area (Å²) in [5.41, 5.74) is 1.92. The summed E-state index contributed by atoms with van der Waals surface area (Å²) in [5, 5.41) is 2.91. The molecule has 0 aliphatic carbocycles. The fourth-order valence-electron chi connectivity index (χ4n) is 3.23. The zero-order valence-electron chi connectivity index (χ0n) is 15.5. The number of likely N-dealkylation sites (N-methyl/N-ethyl adjacent to an activating group) is 1. The van der Waals surface area contributed by atoms with Gasteiger partial charge in [0.2, 0.25) is 5.91 Å². The van der Waals surface area contributed by atoms with Gasteiger partial charge in [-0.1, -0.05) is 42.5 Å². The van der Waals surface area contributed by atoms with Gasteiger partial charge < -0.3 is 10.2 Å². The van der Waals surface area contributed by atoms with E-state index in [-0.39, 0.29) is 36.7 Å². The van der Waals surface area contributed by atoms with Crippen LogP contribution >= 0.6 is 0 Å². The average Bonchev–Trinajstić information content (AvgIpc) is 2.91. The zero-order chi connectivity index (χ0) is 19.4. The molecular formula is C21H23N3O3. The molecule has 140 valence electrons. The number of imide groups is 1. The summed E-state index contributed by atoms with van der Waals surface area (Å²) in [6.07, 6.45) is 0.0837. The fraction of sp³-hybridized carbons (Fsp3) is 0.286. The van der Waals surface area contributed by atoms with E-state index in [0.29, 0.717) is 17.7 Å². The molecule has 0 fully saturated rings. The highest BCUT2D eigenvalue weighted by molar-refractivity contribution is 6.21. The molecule has 0 bridgehead atoms. The van der Waals surface area contributed by atoms with Gasteiger partial charge in [-0.3, -0.25) is 19.3 Å². The minimum Gasteiger partial charge on any atom is -0.354 e. The van der Waals surface area contributed by atoms with Crippen molar-refractivity contribution in [1.29, 1.82) is 0 Å². The number of hydrogen-bond acceptors (Lipinski definition) is 4. The quantitative estimate of drug-likeness (QED) is 0.763. The van der Waals surface area contributed by atoms with Gasteiger partial charge in [0.15, 0.2) is 0 Å². The predicted molar refractivity (Wildman–Crippen MR) is 102 cm³/mol. The third-order valence-electron chi connectivity index (χ3n) is 4.74. The summed E-state index contributed by atoms with van der Waals surface area (Å²) in [7, 11) is 3.92. The lowest BCUT2D eigenvalue weighted by Gasteiger charge is -2.25. The monoisotopic (exact) mass is 365 g/mol. The molecule has 2 aromatic carbocycles. The van der Waals surface area contributed by atoms with Crippen LogP contribution in [0.5, 0.6) is 0 Å². The van der Waals surface area contributed by atoms with E-state index in [1.807, 2.05) is 49.3 Å². The standard InChI is InChI=1S/C21H23N3O3/c1-23(2)18(15-8-4-3-5-9-15)14-22-19(25)12-13-24-20(26)16-10-6-7-11-17(16)21(24)27/h3-11,18H,12-14H2,1-2H3,(H,22,25). The van der Waals surface area contributed by atoms with Crippen LogP contribution in [0.1, 0.15) is 38.7 Å². The van der Waals surface area contributed by atoms with Crippen LogP contribution in [-0.2, 0) is 4.79 Å². The summed E-state index contributed by atoms with van der Waals surface area (Å²) in [6, 6.07) is 16.7. The minimum atomic E-state index is -0.334. The molecule has 1 heterocycles. The number of benzene rings is 2. The second kappa shape index (κ2) is 8.14. The third-order valence-corrected chi connectivity index (χ3v) is 4.74. The molecule has 27 heavy (non-hydrogen) atoms. The predicted octanol–water partition coefficient (Wildman–Crippen LogP) is 2.09. The normalized spacial score (nSPS) is 14.4. The van der Waals surface area contributed by atoms with Crippen molar-refractivity contribution in [1.82, 2.24) is 15.1 Å².